The number of amidine groups is 1. The number of hydrogen-bond acceptors (Lipinski definition) is 4. The third-order valence-electron chi connectivity index (χ3n) is 3.80. The lowest BCUT2D eigenvalue weighted by atomic mass is 9.76. The van der Waals surface area contributed by atoms with Crippen molar-refractivity contribution >= 4 is 11.7 Å². The topological polar surface area (TPSA) is 96.9 Å². The van der Waals surface area contributed by atoms with E-state index in [2.05, 4.69) is 31.2 Å². The van der Waals surface area contributed by atoms with Gasteiger partial charge >= 0.3 is 0 Å². The van der Waals surface area contributed by atoms with Gasteiger partial charge in [0.05, 0.1) is 0 Å². The van der Waals surface area contributed by atoms with Crippen LogP contribution in [0.25, 0.3) is 0 Å². The quantitative estimate of drug-likeness (QED) is 0.319. The number of nitrogens with zero attached hydrogens (tertiary/aromatic N) is 1. The summed E-state index contributed by atoms with van der Waals surface area (Å²) >= 11 is 0. The Morgan fingerprint density at radius 2 is 1.81 bits per heavy atom. The third-order valence-corrected chi connectivity index (χ3v) is 3.80. The smallest absolute Gasteiger partial charge is 0.234 e. The SMILES string of the molecule is CC(C)(C)CC(C)(C)NC(=O)C1(C(N)=NO)CCOCC1. The van der Waals surface area contributed by atoms with Crippen molar-refractivity contribution in [2.45, 2.75) is 59.4 Å². The van der Waals surface area contributed by atoms with Gasteiger partial charge in [-0.05, 0) is 38.5 Å². The molecule has 0 aromatic rings. The number of ether oxygens (including phenoxy) is 1. The zero-order valence-corrected chi connectivity index (χ0v) is 13.8. The minimum Gasteiger partial charge on any atom is -0.409 e. The molecule has 0 aromatic heterocycles. The van der Waals surface area contributed by atoms with Crippen LogP contribution >= 0.6 is 0 Å². The molecule has 0 bridgehead atoms. The van der Waals surface area contributed by atoms with Gasteiger partial charge in [0, 0.05) is 18.8 Å². The van der Waals surface area contributed by atoms with Gasteiger partial charge in [0.2, 0.25) is 5.91 Å². The first-order valence-corrected chi connectivity index (χ1v) is 7.41. The molecular weight excluding hydrogens is 270 g/mol. The van der Waals surface area contributed by atoms with Crippen LogP contribution in [-0.2, 0) is 9.53 Å². The molecule has 21 heavy (non-hydrogen) atoms. The predicted octanol–water partition coefficient (Wildman–Crippen LogP) is 1.86. The molecule has 6 heteroatoms. The highest BCUT2D eigenvalue weighted by atomic mass is 16.5. The number of carbonyl (C=O) groups excluding carboxylic acids is 1. The van der Waals surface area contributed by atoms with E-state index in [4.69, 9.17) is 15.7 Å². The van der Waals surface area contributed by atoms with Gasteiger partial charge in [-0.15, -0.1) is 0 Å². The summed E-state index contributed by atoms with van der Waals surface area (Å²) < 4.78 is 5.31. The third kappa shape index (κ3) is 4.59. The van der Waals surface area contributed by atoms with Crippen LogP contribution in [-0.4, -0.2) is 35.7 Å². The van der Waals surface area contributed by atoms with Crippen LogP contribution in [0.2, 0.25) is 0 Å². The van der Waals surface area contributed by atoms with Gasteiger partial charge < -0.3 is 21.0 Å². The summed E-state index contributed by atoms with van der Waals surface area (Å²) in [5.41, 5.74) is 4.57. The van der Waals surface area contributed by atoms with Crippen molar-refractivity contribution in [2.75, 3.05) is 13.2 Å². The van der Waals surface area contributed by atoms with E-state index in [1.165, 1.54) is 0 Å². The Hall–Kier alpha value is -1.30. The Balaban J connectivity index is 2.92. The maximum Gasteiger partial charge on any atom is 0.234 e. The number of oxime groups is 1. The molecule has 4 N–H and O–H groups in total. The van der Waals surface area contributed by atoms with Crippen molar-refractivity contribution in [1.82, 2.24) is 5.32 Å². The van der Waals surface area contributed by atoms with Crippen LogP contribution in [0.1, 0.15) is 53.9 Å². The molecule has 0 saturated carbocycles. The van der Waals surface area contributed by atoms with E-state index in [0.29, 0.717) is 26.1 Å². The van der Waals surface area contributed by atoms with Gasteiger partial charge in [0.1, 0.15) is 5.41 Å². The second kappa shape index (κ2) is 6.22. The highest BCUT2D eigenvalue weighted by molar-refractivity contribution is 6.07. The highest BCUT2D eigenvalue weighted by Gasteiger charge is 2.46. The molecule has 1 aliphatic heterocycles. The molecule has 6 nitrogen and oxygen atoms in total. The number of nitrogens with two attached hydrogens (primary N) is 1. The average molecular weight is 299 g/mol. The number of hydrogen-bond donors (Lipinski definition) is 3. The second-order valence-corrected chi connectivity index (χ2v) is 7.76. The fourth-order valence-corrected chi connectivity index (χ4v) is 3.21. The van der Waals surface area contributed by atoms with E-state index in [-0.39, 0.29) is 22.7 Å². The summed E-state index contributed by atoms with van der Waals surface area (Å²) in [6.07, 6.45) is 1.69. The molecule has 1 saturated heterocycles. The number of amides is 1. The summed E-state index contributed by atoms with van der Waals surface area (Å²) in [6, 6.07) is 0. The Morgan fingerprint density at radius 3 is 2.24 bits per heavy atom. The first-order chi connectivity index (χ1) is 9.52. The molecule has 0 spiro atoms. The molecule has 1 aliphatic rings. The molecule has 1 heterocycles. The molecule has 0 atom stereocenters. The van der Waals surface area contributed by atoms with E-state index in [9.17, 15) is 4.79 Å². The molecular formula is C15H29N3O3. The molecule has 0 unspecified atom stereocenters. The summed E-state index contributed by atoms with van der Waals surface area (Å²) in [5.74, 6) is -0.217. The molecule has 1 rings (SSSR count). The Kier molecular flexibility index (Phi) is 5.25. The Bertz CT molecular complexity index is 405. The van der Waals surface area contributed by atoms with Crippen molar-refractivity contribution in [3.05, 3.63) is 0 Å². The maximum absolute atomic E-state index is 12.8. The van der Waals surface area contributed by atoms with Crippen molar-refractivity contribution in [2.24, 2.45) is 21.7 Å². The summed E-state index contributed by atoms with van der Waals surface area (Å²) in [7, 11) is 0. The fourth-order valence-electron chi connectivity index (χ4n) is 3.21. The van der Waals surface area contributed by atoms with Crippen LogP contribution in [0.3, 0.4) is 0 Å². The van der Waals surface area contributed by atoms with Gasteiger partial charge in [-0.3, -0.25) is 4.79 Å². The largest absolute Gasteiger partial charge is 0.409 e. The molecule has 1 fully saturated rings. The monoisotopic (exact) mass is 299 g/mol. The van der Waals surface area contributed by atoms with Crippen molar-refractivity contribution < 1.29 is 14.7 Å². The lowest BCUT2D eigenvalue weighted by Gasteiger charge is -2.39. The number of rotatable bonds is 4. The van der Waals surface area contributed by atoms with Gasteiger partial charge in [-0.1, -0.05) is 25.9 Å². The molecule has 0 radical (unpaired) electrons. The van der Waals surface area contributed by atoms with E-state index in [1.807, 2.05) is 13.8 Å². The van der Waals surface area contributed by atoms with Crippen molar-refractivity contribution in [1.29, 1.82) is 0 Å². The van der Waals surface area contributed by atoms with E-state index in [1.54, 1.807) is 0 Å². The highest BCUT2D eigenvalue weighted by Crippen LogP contribution is 2.33. The van der Waals surface area contributed by atoms with Crippen LogP contribution in [0.15, 0.2) is 5.16 Å². The summed E-state index contributed by atoms with van der Waals surface area (Å²) in [5, 5.41) is 15.2. The normalized spacial score (nSPS) is 20.1. The average Bonchev–Trinajstić information content (AvgIpc) is 2.34. The van der Waals surface area contributed by atoms with Gasteiger partial charge in [-0.25, -0.2) is 0 Å². The minimum absolute atomic E-state index is 0.0325. The number of carbonyl (C=O) groups is 1. The molecule has 122 valence electrons. The molecule has 0 aliphatic carbocycles. The number of nitrogens with one attached hydrogen (secondary N) is 1. The Labute approximate surface area is 127 Å². The Morgan fingerprint density at radius 1 is 1.29 bits per heavy atom. The van der Waals surface area contributed by atoms with Crippen LogP contribution < -0.4 is 11.1 Å². The predicted molar refractivity (Wildman–Crippen MR) is 82.2 cm³/mol. The lowest BCUT2D eigenvalue weighted by Crippen LogP contribution is -2.57. The minimum atomic E-state index is -0.970. The standard InChI is InChI=1S/C15H29N3O3/c1-13(2,3)10-14(4,5)17-12(19)15(11(16)18-20)6-8-21-9-7-15/h20H,6-10H2,1-5H3,(H2,16,18)(H,17,19). The summed E-state index contributed by atoms with van der Waals surface area (Å²) in [6.45, 7) is 11.3. The van der Waals surface area contributed by atoms with E-state index >= 15 is 0 Å². The van der Waals surface area contributed by atoms with Crippen molar-refractivity contribution in [3.8, 4) is 0 Å². The van der Waals surface area contributed by atoms with Gasteiger partial charge in [0.25, 0.3) is 0 Å². The fraction of sp³-hybridized carbons (Fsp3) is 0.867. The summed E-state index contributed by atoms with van der Waals surface area (Å²) in [4.78, 5) is 12.8. The van der Waals surface area contributed by atoms with Crippen molar-refractivity contribution in [3.63, 3.8) is 0 Å². The van der Waals surface area contributed by atoms with E-state index in [0.717, 1.165) is 6.42 Å². The maximum atomic E-state index is 12.8. The zero-order chi connectivity index (χ0) is 16.3. The lowest BCUT2D eigenvalue weighted by molar-refractivity contribution is -0.133. The first kappa shape index (κ1) is 17.8. The second-order valence-electron chi connectivity index (χ2n) is 7.76. The van der Waals surface area contributed by atoms with Crippen LogP contribution in [0.4, 0.5) is 0 Å². The van der Waals surface area contributed by atoms with Crippen LogP contribution in [0.5, 0.6) is 0 Å². The van der Waals surface area contributed by atoms with E-state index < -0.39 is 5.41 Å². The molecule has 1 amide bonds. The van der Waals surface area contributed by atoms with Gasteiger partial charge in [-0.2, -0.15) is 0 Å². The first-order valence-electron chi connectivity index (χ1n) is 7.41. The zero-order valence-electron chi connectivity index (χ0n) is 13.8. The van der Waals surface area contributed by atoms with Gasteiger partial charge in [0.15, 0.2) is 5.84 Å². The molecule has 0 aromatic carbocycles. The van der Waals surface area contributed by atoms with Crippen LogP contribution in [0, 0.1) is 10.8 Å².